The second kappa shape index (κ2) is 7.73. The predicted molar refractivity (Wildman–Crippen MR) is 98.0 cm³/mol. The summed E-state index contributed by atoms with van der Waals surface area (Å²) in [4.78, 5) is 12.1. The van der Waals surface area contributed by atoms with Gasteiger partial charge in [0.05, 0.1) is 0 Å². The first kappa shape index (κ1) is 16.9. The molecule has 0 spiro atoms. The maximum absolute atomic E-state index is 12.1. The molecule has 3 N–H and O–H groups in total. The molecule has 3 aromatic rings. The molecule has 0 aliphatic rings. The van der Waals surface area contributed by atoms with Crippen molar-refractivity contribution in [2.45, 2.75) is 0 Å². The summed E-state index contributed by atoms with van der Waals surface area (Å²) < 4.78 is 5.09. The Morgan fingerprint density at radius 2 is 1.76 bits per heavy atom. The van der Waals surface area contributed by atoms with E-state index in [2.05, 4.69) is 26.4 Å². The van der Waals surface area contributed by atoms with Crippen LogP contribution in [0.25, 0.3) is 11.5 Å². The number of thiocarbonyl (C=S) groups is 1. The van der Waals surface area contributed by atoms with Gasteiger partial charge in [-0.3, -0.25) is 15.6 Å². The van der Waals surface area contributed by atoms with Crippen LogP contribution < -0.4 is 16.2 Å². The molecule has 1 amide bonds. The van der Waals surface area contributed by atoms with Crippen LogP contribution in [0.5, 0.6) is 0 Å². The third-order valence-corrected chi connectivity index (χ3v) is 3.60. The highest BCUT2D eigenvalue weighted by Crippen LogP contribution is 2.16. The summed E-state index contributed by atoms with van der Waals surface area (Å²) in [7, 11) is 0. The highest BCUT2D eigenvalue weighted by atomic mass is 35.5. The van der Waals surface area contributed by atoms with Gasteiger partial charge in [0, 0.05) is 21.8 Å². The topological polar surface area (TPSA) is 92.1 Å². The lowest BCUT2D eigenvalue weighted by molar-refractivity contribution is 0.0944. The molecule has 0 aliphatic heterocycles. The maximum Gasteiger partial charge on any atom is 0.269 e. The largest absolute Gasteiger partial charge is 0.423 e. The third kappa shape index (κ3) is 4.52. The van der Waals surface area contributed by atoms with E-state index >= 15 is 0 Å². The van der Waals surface area contributed by atoms with E-state index in [0.29, 0.717) is 16.5 Å². The average Bonchev–Trinajstić information content (AvgIpc) is 3.16. The fourth-order valence-electron chi connectivity index (χ4n) is 1.94. The normalized spacial score (nSPS) is 10.1. The van der Waals surface area contributed by atoms with E-state index in [-0.39, 0.29) is 11.0 Å². The molecular formula is C16H12ClN5O2S. The number of hydrogen-bond acceptors (Lipinski definition) is 5. The second-order valence-corrected chi connectivity index (χ2v) is 5.71. The number of hydrazine groups is 1. The van der Waals surface area contributed by atoms with E-state index in [1.165, 1.54) is 6.39 Å². The number of carbonyl (C=O) groups is 1. The predicted octanol–water partition coefficient (Wildman–Crippen LogP) is 3.02. The molecule has 1 heterocycles. The van der Waals surface area contributed by atoms with E-state index in [1.54, 1.807) is 48.5 Å². The van der Waals surface area contributed by atoms with Crippen molar-refractivity contribution in [2.75, 3.05) is 5.32 Å². The minimum absolute atomic E-state index is 0.248. The quantitative estimate of drug-likeness (QED) is 0.480. The summed E-state index contributed by atoms with van der Waals surface area (Å²) in [5.74, 6) is 0.0516. The summed E-state index contributed by atoms with van der Waals surface area (Å²) >= 11 is 10.9. The minimum atomic E-state index is -0.336. The number of amides is 1. The number of hydrogen-bond donors (Lipinski definition) is 3. The van der Waals surface area contributed by atoms with Crippen LogP contribution in [0.2, 0.25) is 5.02 Å². The lowest BCUT2D eigenvalue weighted by Gasteiger charge is -2.11. The van der Waals surface area contributed by atoms with Gasteiger partial charge in [0.1, 0.15) is 0 Å². The van der Waals surface area contributed by atoms with Gasteiger partial charge in [-0.25, -0.2) is 0 Å². The van der Waals surface area contributed by atoms with Crippen LogP contribution in [0.1, 0.15) is 10.4 Å². The Labute approximate surface area is 153 Å². The maximum atomic E-state index is 12.1. The molecule has 126 valence electrons. The molecular weight excluding hydrogens is 362 g/mol. The third-order valence-electron chi connectivity index (χ3n) is 3.15. The molecule has 1 aromatic heterocycles. The zero-order chi connectivity index (χ0) is 17.6. The molecule has 0 bridgehead atoms. The highest BCUT2D eigenvalue weighted by Gasteiger charge is 2.08. The van der Waals surface area contributed by atoms with Crippen molar-refractivity contribution in [3.05, 3.63) is 65.5 Å². The van der Waals surface area contributed by atoms with Crippen molar-refractivity contribution in [1.29, 1.82) is 0 Å². The van der Waals surface area contributed by atoms with Crippen LogP contribution in [-0.4, -0.2) is 21.2 Å². The van der Waals surface area contributed by atoms with Crippen molar-refractivity contribution in [3.8, 4) is 11.5 Å². The Balaban J connectivity index is 1.53. The number of nitrogens with one attached hydrogen (secondary N) is 3. The molecule has 0 saturated carbocycles. The van der Waals surface area contributed by atoms with Crippen LogP contribution in [-0.2, 0) is 0 Å². The average molecular weight is 374 g/mol. The number of anilines is 1. The van der Waals surface area contributed by atoms with Gasteiger partial charge < -0.3 is 9.73 Å². The monoisotopic (exact) mass is 373 g/mol. The Bertz CT molecular complexity index is 867. The molecule has 3 rings (SSSR count). The highest BCUT2D eigenvalue weighted by molar-refractivity contribution is 7.80. The second-order valence-electron chi connectivity index (χ2n) is 4.86. The van der Waals surface area contributed by atoms with Gasteiger partial charge in [0.2, 0.25) is 12.3 Å². The number of nitrogens with zero attached hydrogens (tertiary/aromatic N) is 2. The Kier molecular flexibility index (Phi) is 5.22. The number of carbonyl (C=O) groups excluding carboxylic acids is 1. The van der Waals surface area contributed by atoms with Gasteiger partial charge in [0.15, 0.2) is 5.11 Å². The SMILES string of the molecule is O=C(NNC(=S)Nc1ccc(Cl)cc1)c1ccc(-c2nnco2)cc1. The smallest absolute Gasteiger partial charge is 0.269 e. The first-order valence-electron chi connectivity index (χ1n) is 7.11. The molecule has 2 aromatic carbocycles. The summed E-state index contributed by atoms with van der Waals surface area (Å²) in [5.41, 5.74) is 7.07. The van der Waals surface area contributed by atoms with Crippen LogP contribution >= 0.6 is 23.8 Å². The lowest BCUT2D eigenvalue weighted by Crippen LogP contribution is -2.43. The molecule has 0 unspecified atom stereocenters. The van der Waals surface area contributed by atoms with E-state index in [0.717, 1.165) is 11.3 Å². The van der Waals surface area contributed by atoms with Gasteiger partial charge in [-0.05, 0) is 60.7 Å². The summed E-state index contributed by atoms with van der Waals surface area (Å²) in [5, 5.41) is 11.2. The Morgan fingerprint density at radius 3 is 2.40 bits per heavy atom. The standard InChI is InChI=1S/C16H12ClN5O2S/c17-12-5-7-13(8-6-12)19-16(25)22-20-14(23)10-1-3-11(4-2-10)15-21-18-9-24-15/h1-9H,(H,20,23)(H2,19,22,25). The fraction of sp³-hybridized carbons (Fsp3) is 0. The van der Waals surface area contributed by atoms with Gasteiger partial charge >= 0.3 is 0 Å². The number of aromatic nitrogens is 2. The van der Waals surface area contributed by atoms with Crippen molar-refractivity contribution in [1.82, 2.24) is 21.0 Å². The lowest BCUT2D eigenvalue weighted by atomic mass is 10.1. The number of halogens is 1. The molecule has 0 atom stereocenters. The molecule has 0 radical (unpaired) electrons. The summed E-state index contributed by atoms with van der Waals surface area (Å²) in [6.45, 7) is 0. The minimum Gasteiger partial charge on any atom is -0.423 e. The van der Waals surface area contributed by atoms with Crippen molar-refractivity contribution in [2.24, 2.45) is 0 Å². The molecule has 0 fully saturated rings. The number of benzene rings is 2. The number of rotatable bonds is 3. The molecule has 0 aliphatic carbocycles. The van der Waals surface area contributed by atoms with E-state index in [9.17, 15) is 4.79 Å². The molecule has 7 nitrogen and oxygen atoms in total. The van der Waals surface area contributed by atoms with Crippen LogP contribution in [0.3, 0.4) is 0 Å². The van der Waals surface area contributed by atoms with Gasteiger partial charge in [-0.1, -0.05) is 11.6 Å². The van der Waals surface area contributed by atoms with Crippen LogP contribution in [0, 0.1) is 0 Å². The summed E-state index contributed by atoms with van der Waals surface area (Å²) in [6, 6.07) is 13.7. The zero-order valence-electron chi connectivity index (χ0n) is 12.7. The summed E-state index contributed by atoms with van der Waals surface area (Å²) in [6.07, 6.45) is 1.24. The van der Waals surface area contributed by atoms with Gasteiger partial charge in [-0.2, -0.15) is 0 Å². The van der Waals surface area contributed by atoms with Crippen LogP contribution in [0.15, 0.2) is 59.3 Å². The molecule has 9 heteroatoms. The zero-order valence-corrected chi connectivity index (χ0v) is 14.3. The van der Waals surface area contributed by atoms with Crippen molar-refractivity contribution >= 4 is 40.5 Å². The fourth-order valence-corrected chi connectivity index (χ4v) is 2.24. The van der Waals surface area contributed by atoms with Crippen molar-refractivity contribution < 1.29 is 9.21 Å². The first-order chi connectivity index (χ1) is 12.1. The Morgan fingerprint density at radius 1 is 1.04 bits per heavy atom. The van der Waals surface area contributed by atoms with E-state index in [1.807, 2.05) is 0 Å². The van der Waals surface area contributed by atoms with E-state index in [4.69, 9.17) is 28.2 Å². The van der Waals surface area contributed by atoms with Gasteiger partial charge in [-0.15, -0.1) is 10.2 Å². The molecule has 25 heavy (non-hydrogen) atoms. The molecule has 0 saturated heterocycles. The van der Waals surface area contributed by atoms with Gasteiger partial charge in [0.25, 0.3) is 5.91 Å². The van der Waals surface area contributed by atoms with Crippen molar-refractivity contribution in [3.63, 3.8) is 0 Å². The van der Waals surface area contributed by atoms with Crippen LogP contribution in [0.4, 0.5) is 5.69 Å². The Hall–Kier alpha value is -2.97. The first-order valence-corrected chi connectivity index (χ1v) is 7.90. The van der Waals surface area contributed by atoms with E-state index < -0.39 is 0 Å².